The van der Waals surface area contributed by atoms with Crippen LogP contribution in [0.15, 0.2) is 36.4 Å². The quantitative estimate of drug-likeness (QED) is 0.562. The number of nitrogens with zero attached hydrogens (tertiary/aromatic N) is 1. The molecule has 0 aromatic heterocycles. The SMILES string of the molecule is CCc1ccc(OCc2cc(C3CC3)ccc2N(O)C(=S)OC)c(C)c1. The van der Waals surface area contributed by atoms with Crippen molar-refractivity contribution in [3.8, 4) is 5.75 Å². The van der Waals surface area contributed by atoms with Gasteiger partial charge in [-0.05, 0) is 79.2 Å². The highest BCUT2D eigenvalue weighted by molar-refractivity contribution is 7.80. The number of thiocarbonyl (C=S) groups is 1. The van der Waals surface area contributed by atoms with Crippen LogP contribution in [0.5, 0.6) is 5.75 Å². The maximum Gasteiger partial charge on any atom is 0.288 e. The molecule has 0 bridgehead atoms. The molecule has 1 aliphatic carbocycles. The van der Waals surface area contributed by atoms with E-state index >= 15 is 0 Å². The molecule has 2 aromatic rings. The summed E-state index contributed by atoms with van der Waals surface area (Å²) in [5.41, 5.74) is 5.15. The maximum absolute atomic E-state index is 10.3. The Morgan fingerprint density at radius 1 is 1.23 bits per heavy atom. The number of rotatable bonds is 6. The third kappa shape index (κ3) is 4.17. The van der Waals surface area contributed by atoms with Gasteiger partial charge in [-0.3, -0.25) is 5.21 Å². The van der Waals surface area contributed by atoms with E-state index in [4.69, 9.17) is 21.7 Å². The topological polar surface area (TPSA) is 41.9 Å². The average Bonchev–Trinajstić information content (AvgIpc) is 3.50. The van der Waals surface area contributed by atoms with E-state index in [1.807, 2.05) is 18.2 Å². The van der Waals surface area contributed by atoms with Gasteiger partial charge in [0.25, 0.3) is 5.17 Å². The lowest BCUT2D eigenvalue weighted by molar-refractivity contribution is 0.264. The molecule has 1 fully saturated rings. The molecule has 0 spiro atoms. The summed E-state index contributed by atoms with van der Waals surface area (Å²) in [6.45, 7) is 4.54. The van der Waals surface area contributed by atoms with Crippen molar-refractivity contribution in [2.45, 2.75) is 45.6 Å². The van der Waals surface area contributed by atoms with Gasteiger partial charge >= 0.3 is 0 Å². The molecule has 1 saturated carbocycles. The van der Waals surface area contributed by atoms with Crippen LogP contribution in [0.3, 0.4) is 0 Å². The second-order valence-corrected chi connectivity index (χ2v) is 7.04. The summed E-state index contributed by atoms with van der Waals surface area (Å²) < 4.78 is 11.0. The number of aryl methyl sites for hydroxylation is 2. The summed E-state index contributed by atoms with van der Waals surface area (Å²) in [7, 11) is 1.44. The van der Waals surface area contributed by atoms with Gasteiger partial charge in [-0.1, -0.05) is 25.1 Å². The van der Waals surface area contributed by atoms with Crippen molar-refractivity contribution in [2.75, 3.05) is 12.2 Å². The van der Waals surface area contributed by atoms with Crippen molar-refractivity contribution < 1.29 is 14.7 Å². The molecule has 138 valence electrons. The Labute approximate surface area is 160 Å². The second-order valence-electron chi connectivity index (χ2n) is 6.69. The van der Waals surface area contributed by atoms with Gasteiger partial charge in [-0.2, -0.15) is 5.06 Å². The molecule has 3 rings (SSSR count). The van der Waals surface area contributed by atoms with Gasteiger partial charge in [0.1, 0.15) is 12.4 Å². The van der Waals surface area contributed by atoms with E-state index < -0.39 is 0 Å². The van der Waals surface area contributed by atoms with E-state index in [1.54, 1.807) is 0 Å². The minimum atomic E-state index is 0.00824. The van der Waals surface area contributed by atoms with Crippen LogP contribution in [0.25, 0.3) is 0 Å². The Kier molecular flexibility index (Phi) is 5.79. The lowest BCUT2D eigenvalue weighted by atomic mass is 10.1. The van der Waals surface area contributed by atoms with Gasteiger partial charge < -0.3 is 9.47 Å². The fourth-order valence-electron chi connectivity index (χ4n) is 3.03. The van der Waals surface area contributed by atoms with Crippen LogP contribution in [0.4, 0.5) is 5.69 Å². The van der Waals surface area contributed by atoms with Crippen molar-refractivity contribution in [1.82, 2.24) is 0 Å². The van der Waals surface area contributed by atoms with Crippen molar-refractivity contribution in [2.24, 2.45) is 0 Å². The first-order valence-corrected chi connectivity index (χ1v) is 9.36. The minimum Gasteiger partial charge on any atom is -0.489 e. The molecule has 0 aliphatic heterocycles. The monoisotopic (exact) mass is 371 g/mol. The van der Waals surface area contributed by atoms with Crippen LogP contribution in [-0.4, -0.2) is 17.5 Å². The van der Waals surface area contributed by atoms with Crippen molar-refractivity contribution in [3.05, 3.63) is 58.7 Å². The number of hydroxylamine groups is 1. The lowest BCUT2D eigenvalue weighted by Gasteiger charge is -2.21. The number of methoxy groups -OCH3 is 1. The van der Waals surface area contributed by atoms with Crippen LogP contribution in [0.2, 0.25) is 0 Å². The summed E-state index contributed by atoms with van der Waals surface area (Å²) in [4.78, 5) is 0. The van der Waals surface area contributed by atoms with Gasteiger partial charge in [0, 0.05) is 5.56 Å². The Balaban J connectivity index is 1.84. The molecule has 0 atom stereocenters. The van der Waals surface area contributed by atoms with E-state index in [2.05, 4.69) is 32.0 Å². The standard InChI is InChI=1S/C21H25NO3S/c1-4-15-5-10-20(14(2)11-15)25-13-18-12-17(16-6-7-16)8-9-19(18)22(23)21(26)24-3/h5,8-12,16,23H,4,6-7,13H2,1-3H3. The first kappa shape index (κ1) is 18.7. The predicted octanol–water partition coefficient (Wildman–Crippen LogP) is 5.14. The summed E-state index contributed by atoms with van der Waals surface area (Å²) in [6.07, 6.45) is 3.44. The fourth-order valence-corrected chi connectivity index (χ4v) is 3.13. The van der Waals surface area contributed by atoms with Crippen LogP contribution < -0.4 is 9.80 Å². The normalized spacial score (nSPS) is 13.4. The Bertz CT molecular complexity index is 802. The molecule has 1 aliphatic rings. The summed E-state index contributed by atoms with van der Waals surface area (Å²) in [5, 5.41) is 11.3. The van der Waals surface area contributed by atoms with Crippen molar-refractivity contribution in [1.29, 1.82) is 0 Å². The van der Waals surface area contributed by atoms with E-state index in [1.165, 1.54) is 31.1 Å². The molecule has 0 radical (unpaired) electrons. The first-order valence-electron chi connectivity index (χ1n) is 8.95. The Morgan fingerprint density at radius 3 is 2.62 bits per heavy atom. The van der Waals surface area contributed by atoms with Gasteiger partial charge in [0.05, 0.1) is 12.8 Å². The van der Waals surface area contributed by atoms with E-state index in [-0.39, 0.29) is 5.17 Å². The van der Waals surface area contributed by atoms with E-state index in [9.17, 15) is 5.21 Å². The van der Waals surface area contributed by atoms with Gasteiger partial charge in [-0.25, -0.2) is 0 Å². The number of benzene rings is 2. The second kappa shape index (κ2) is 8.06. The van der Waals surface area contributed by atoms with E-state index in [0.29, 0.717) is 18.2 Å². The molecule has 0 amide bonds. The van der Waals surface area contributed by atoms with Crippen LogP contribution in [-0.2, 0) is 17.8 Å². The highest BCUT2D eigenvalue weighted by Crippen LogP contribution is 2.41. The van der Waals surface area contributed by atoms with Crippen molar-refractivity contribution >= 4 is 23.1 Å². The smallest absolute Gasteiger partial charge is 0.288 e. The summed E-state index contributed by atoms with van der Waals surface area (Å²) in [5.74, 6) is 1.47. The first-order chi connectivity index (χ1) is 12.5. The van der Waals surface area contributed by atoms with Crippen LogP contribution >= 0.6 is 12.2 Å². The van der Waals surface area contributed by atoms with Crippen LogP contribution in [0, 0.1) is 6.92 Å². The zero-order chi connectivity index (χ0) is 18.7. The number of anilines is 1. The molecular weight excluding hydrogens is 346 g/mol. The molecule has 26 heavy (non-hydrogen) atoms. The highest BCUT2D eigenvalue weighted by atomic mass is 32.1. The van der Waals surface area contributed by atoms with Crippen molar-refractivity contribution in [3.63, 3.8) is 0 Å². The summed E-state index contributed by atoms with van der Waals surface area (Å²) in [6, 6.07) is 12.3. The highest BCUT2D eigenvalue weighted by Gasteiger charge is 2.25. The predicted molar refractivity (Wildman–Crippen MR) is 107 cm³/mol. The lowest BCUT2D eigenvalue weighted by Crippen LogP contribution is -2.27. The molecule has 5 heteroatoms. The molecule has 4 nitrogen and oxygen atoms in total. The van der Waals surface area contributed by atoms with Gasteiger partial charge in [-0.15, -0.1) is 0 Å². The zero-order valence-electron chi connectivity index (χ0n) is 15.5. The zero-order valence-corrected chi connectivity index (χ0v) is 16.3. The van der Waals surface area contributed by atoms with Gasteiger partial charge in [0.2, 0.25) is 0 Å². The maximum atomic E-state index is 10.3. The van der Waals surface area contributed by atoms with Crippen LogP contribution in [0.1, 0.15) is 47.9 Å². The average molecular weight is 372 g/mol. The van der Waals surface area contributed by atoms with Gasteiger partial charge in [0.15, 0.2) is 0 Å². The number of hydrogen-bond acceptors (Lipinski definition) is 4. The molecule has 2 aromatic carbocycles. The minimum absolute atomic E-state index is 0.00824. The molecule has 0 saturated heterocycles. The van der Waals surface area contributed by atoms with E-state index in [0.717, 1.165) is 28.4 Å². The molecule has 1 N–H and O–H groups in total. The summed E-state index contributed by atoms with van der Waals surface area (Å²) >= 11 is 5.06. The Hall–Kier alpha value is -2.11. The number of ether oxygens (including phenoxy) is 2. The molecule has 0 unspecified atom stereocenters. The third-order valence-corrected chi connectivity index (χ3v) is 5.10. The fraction of sp³-hybridized carbons (Fsp3) is 0.381. The third-order valence-electron chi connectivity index (χ3n) is 4.76. The molecular formula is C21H25NO3S. The molecule has 0 heterocycles. The number of hydrogen-bond donors (Lipinski definition) is 1. The Morgan fingerprint density at radius 2 is 2.00 bits per heavy atom. The largest absolute Gasteiger partial charge is 0.489 e.